The number of carbonyl (C=O) groups excluding carboxylic acids is 1. The summed E-state index contributed by atoms with van der Waals surface area (Å²) in [4.78, 5) is 12.2. The van der Waals surface area contributed by atoms with Crippen LogP contribution in [-0.2, 0) is 0 Å². The molecule has 0 aromatic heterocycles. The van der Waals surface area contributed by atoms with E-state index in [0.29, 0.717) is 17.9 Å². The Morgan fingerprint density at radius 3 is 2.56 bits per heavy atom. The van der Waals surface area contributed by atoms with Gasteiger partial charge in [0, 0.05) is 5.56 Å². The first-order chi connectivity index (χ1) is 12.0. The lowest BCUT2D eigenvalue weighted by molar-refractivity contribution is 0.0636. The monoisotopic (exact) mass is 350 g/mol. The van der Waals surface area contributed by atoms with Crippen LogP contribution >= 0.6 is 0 Å². The molecule has 0 heterocycles. The summed E-state index contributed by atoms with van der Waals surface area (Å²) in [6.07, 6.45) is 4.94. The third-order valence-corrected chi connectivity index (χ3v) is 5.80. The van der Waals surface area contributed by atoms with Gasteiger partial charge in [-0.25, -0.2) is 8.78 Å². The summed E-state index contributed by atoms with van der Waals surface area (Å²) in [6, 6.07) is 8.55. The van der Waals surface area contributed by atoms with Gasteiger partial charge >= 0.3 is 0 Å². The molecule has 0 saturated heterocycles. The molecule has 0 spiro atoms. The number of ketones is 1. The molecule has 3 heteroatoms. The Balaban J connectivity index is 1.82. The van der Waals surface area contributed by atoms with Crippen LogP contribution in [-0.4, -0.2) is 18.1 Å². The van der Waals surface area contributed by atoms with E-state index in [9.17, 15) is 13.6 Å². The Bertz CT molecular complexity index is 516. The van der Waals surface area contributed by atoms with Gasteiger partial charge in [0.1, 0.15) is 6.17 Å². The van der Waals surface area contributed by atoms with Gasteiger partial charge in [0.15, 0.2) is 12.0 Å². The molecule has 1 fully saturated rings. The summed E-state index contributed by atoms with van der Waals surface area (Å²) in [5.74, 6) is -0.202. The summed E-state index contributed by atoms with van der Waals surface area (Å²) in [6.45, 7) is 4.08. The minimum absolute atomic E-state index is 0.103. The molecule has 3 unspecified atom stereocenters. The maximum absolute atomic E-state index is 14.6. The zero-order valence-corrected chi connectivity index (χ0v) is 15.6. The van der Waals surface area contributed by atoms with Crippen molar-refractivity contribution in [1.82, 2.24) is 0 Å². The van der Waals surface area contributed by atoms with E-state index >= 15 is 0 Å². The fourth-order valence-corrected chi connectivity index (χ4v) is 4.20. The Labute approximate surface area is 151 Å². The fourth-order valence-electron chi connectivity index (χ4n) is 4.20. The Hall–Kier alpha value is -1.25. The van der Waals surface area contributed by atoms with Crippen LogP contribution in [0.5, 0.6) is 0 Å². The first-order valence-electron chi connectivity index (χ1n) is 9.90. The highest BCUT2D eigenvalue weighted by Gasteiger charge is 2.35. The lowest BCUT2D eigenvalue weighted by Gasteiger charge is -2.35. The van der Waals surface area contributed by atoms with E-state index in [2.05, 4.69) is 6.92 Å². The molecule has 0 radical (unpaired) electrons. The van der Waals surface area contributed by atoms with E-state index in [4.69, 9.17) is 0 Å². The Kier molecular flexibility index (Phi) is 8.05. The predicted octanol–water partition coefficient (Wildman–Crippen LogP) is 6.57. The zero-order valence-electron chi connectivity index (χ0n) is 15.6. The summed E-state index contributed by atoms with van der Waals surface area (Å²) in [5.41, 5.74) is 0.402. The molecule has 0 amide bonds. The van der Waals surface area contributed by atoms with Gasteiger partial charge in [-0.15, -0.1) is 0 Å². The van der Waals surface area contributed by atoms with E-state index in [0.717, 1.165) is 19.3 Å². The molecule has 140 valence electrons. The third-order valence-electron chi connectivity index (χ3n) is 5.80. The lowest BCUT2D eigenvalue weighted by atomic mass is 9.72. The van der Waals surface area contributed by atoms with Crippen LogP contribution in [0, 0.1) is 17.8 Å². The molecule has 0 aliphatic heterocycles. The van der Waals surface area contributed by atoms with Crippen LogP contribution in [0.15, 0.2) is 30.3 Å². The first-order valence-corrected chi connectivity index (χ1v) is 9.90. The minimum atomic E-state index is -1.54. The quantitative estimate of drug-likeness (QED) is 0.364. The molecule has 25 heavy (non-hydrogen) atoms. The van der Waals surface area contributed by atoms with Gasteiger partial charge in [-0.05, 0) is 43.4 Å². The van der Waals surface area contributed by atoms with Gasteiger partial charge in [0.25, 0.3) is 0 Å². The van der Waals surface area contributed by atoms with Gasteiger partial charge in [-0.3, -0.25) is 4.79 Å². The van der Waals surface area contributed by atoms with Crippen molar-refractivity contribution in [3.05, 3.63) is 35.9 Å². The highest BCUT2D eigenvalue weighted by molar-refractivity contribution is 5.99. The number of benzene rings is 1. The largest absolute Gasteiger partial charge is 0.291 e. The molecule has 0 N–H and O–H groups in total. The molecule has 1 aliphatic rings. The summed E-state index contributed by atoms with van der Waals surface area (Å²) in [5, 5.41) is 0. The van der Waals surface area contributed by atoms with E-state index in [1.54, 1.807) is 30.3 Å². The highest BCUT2D eigenvalue weighted by Crippen LogP contribution is 2.39. The molecule has 1 aromatic rings. The van der Waals surface area contributed by atoms with Crippen molar-refractivity contribution in [2.75, 3.05) is 0 Å². The molecule has 1 aliphatic carbocycles. The van der Waals surface area contributed by atoms with Gasteiger partial charge in [-0.2, -0.15) is 0 Å². The maximum Gasteiger partial charge on any atom is 0.196 e. The lowest BCUT2D eigenvalue weighted by Crippen LogP contribution is -2.33. The second-order valence-electron chi connectivity index (χ2n) is 7.77. The van der Waals surface area contributed by atoms with Crippen molar-refractivity contribution < 1.29 is 13.6 Å². The van der Waals surface area contributed by atoms with Crippen molar-refractivity contribution in [3.63, 3.8) is 0 Å². The van der Waals surface area contributed by atoms with Crippen molar-refractivity contribution in [2.45, 2.75) is 77.6 Å². The topological polar surface area (TPSA) is 17.1 Å². The molecule has 1 saturated carbocycles. The molecule has 1 aromatic carbocycles. The van der Waals surface area contributed by atoms with Crippen molar-refractivity contribution in [3.8, 4) is 0 Å². The molecular weight excluding hydrogens is 318 g/mol. The van der Waals surface area contributed by atoms with Crippen LogP contribution in [0.4, 0.5) is 8.78 Å². The van der Waals surface area contributed by atoms with Crippen LogP contribution in [0.25, 0.3) is 0 Å². The number of halogens is 2. The van der Waals surface area contributed by atoms with E-state index in [-0.39, 0.29) is 18.3 Å². The van der Waals surface area contributed by atoms with Crippen molar-refractivity contribution in [1.29, 1.82) is 0 Å². The van der Waals surface area contributed by atoms with E-state index < -0.39 is 18.1 Å². The second-order valence-corrected chi connectivity index (χ2v) is 7.77. The zero-order chi connectivity index (χ0) is 18.2. The standard InChI is InChI=1S/C22H32F2O/c1-3-4-6-9-17-12-13-19(20(23)15-17)16(2)14-21(24)22(25)18-10-7-5-8-11-18/h5,7-8,10-11,16-17,19-21H,3-4,6,9,12-15H2,1-2H3/t16?,17-,19+,20?,21?/m0/s1. The molecular formula is C22H32F2O. The Morgan fingerprint density at radius 1 is 1.20 bits per heavy atom. The third kappa shape index (κ3) is 5.90. The molecule has 5 atom stereocenters. The average Bonchev–Trinajstić information content (AvgIpc) is 2.62. The maximum atomic E-state index is 14.6. The minimum Gasteiger partial charge on any atom is -0.291 e. The summed E-state index contributed by atoms with van der Waals surface area (Å²) >= 11 is 0. The van der Waals surface area contributed by atoms with Crippen LogP contribution in [0.3, 0.4) is 0 Å². The van der Waals surface area contributed by atoms with Gasteiger partial charge in [-0.1, -0.05) is 69.9 Å². The van der Waals surface area contributed by atoms with Gasteiger partial charge < -0.3 is 0 Å². The molecule has 1 nitrogen and oxygen atoms in total. The number of carbonyl (C=O) groups is 1. The fraction of sp³-hybridized carbons (Fsp3) is 0.682. The van der Waals surface area contributed by atoms with Crippen LogP contribution in [0.1, 0.15) is 75.6 Å². The summed E-state index contributed by atoms with van der Waals surface area (Å²) in [7, 11) is 0. The van der Waals surface area contributed by atoms with Crippen LogP contribution in [0.2, 0.25) is 0 Å². The van der Waals surface area contributed by atoms with E-state index in [1.807, 2.05) is 6.92 Å². The number of hydrogen-bond acceptors (Lipinski definition) is 1. The number of Topliss-reactive ketones (excluding diaryl/α,β-unsaturated/α-hetero) is 1. The van der Waals surface area contributed by atoms with Crippen LogP contribution < -0.4 is 0 Å². The van der Waals surface area contributed by atoms with Gasteiger partial charge in [0.2, 0.25) is 0 Å². The van der Waals surface area contributed by atoms with Crippen molar-refractivity contribution in [2.24, 2.45) is 17.8 Å². The number of hydrogen-bond donors (Lipinski definition) is 0. The van der Waals surface area contributed by atoms with Crippen molar-refractivity contribution >= 4 is 5.78 Å². The molecule has 0 bridgehead atoms. The SMILES string of the molecule is CCCCC[C@H]1CC[C@H](C(C)CC(F)C(=O)c2ccccc2)C(F)C1. The number of rotatable bonds is 9. The second kappa shape index (κ2) is 10.0. The average molecular weight is 350 g/mol. The normalized spacial score (nSPS) is 26.2. The smallest absolute Gasteiger partial charge is 0.196 e. The van der Waals surface area contributed by atoms with Gasteiger partial charge in [0.05, 0.1) is 0 Å². The number of unbranched alkanes of at least 4 members (excludes halogenated alkanes) is 2. The Morgan fingerprint density at radius 2 is 1.92 bits per heavy atom. The van der Waals surface area contributed by atoms with E-state index in [1.165, 1.54) is 19.3 Å². The molecule has 2 rings (SSSR count). The summed E-state index contributed by atoms with van der Waals surface area (Å²) < 4.78 is 29.0. The number of alkyl halides is 2. The first kappa shape index (κ1) is 20.1. The highest BCUT2D eigenvalue weighted by atomic mass is 19.1. The predicted molar refractivity (Wildman–Crippen MR) is 99.3 cm³/mol.